The van der Waals surface area contributed by atoms with Crippen LogP contribution in [0, 0.1) is 6.92 Å². The zero-order valence-corrected chi connectivity index (χ0v) is 15.9. The smallest absolute Gasteiger partial charge is 0.290 e. The van der Waals surface area contributed by atoms with E-state index >= 15 is 0 Å². The van der Waals surface area contributed by atoms with Crippen molar-refractivity contribution in [2.24, 2.45) is 5.10 Å². The number of carbonyl (C=O) groups is 1. The number of hydrogen-bond acceptors (Lipinski definition) is 4. The van der Waals surface area contributed by atoms with Crippen molar-refractivity contribution in [2.75, 3.05) is 0 Å². The number of nitrogens with zero attached hydrogens (tertiary/aromatic N) is 3. The van der Waals surface area contributed by atoms with Crippen molar-refractivity contribution in [3.05, 3.63) is 76.2 Å². The van der Waals surface area contributed by atoms with Crippen LogP contribution < -0.4 is 5.43 Å². The number of rotatable bonds is 3. The summed E-state index contributed by atoms with van der Waals surface area (Å²) in [7, 11) is 0. The van der Waals surface area contributed by atoms with Gasteiger partial charge in [0, 0.05) is 16.2 Å². The van der Waals surface area contributed by atoms with E-state index in [2.05, 4.69) is 31.4 Å². The monoisotopic (exact) mass is 422 g/mol. The van der Waals surface area contributed by atoms with E-state index in [0.717, 1.165) is 15.2 Å². The van der Waals surface area contributed by atoms with Gasteiger partial charge >= 0.3 is 0 Å². The molecule has 2 aromatic heterocycles. The molecular formula is C20H15BrN4O2. The molecule has 0 aliphatic rings. The van der Waals surface area contributed by atoms with Crippen molar-refractivity contribution in [3.8, 4) is 5.75 Å². The minimum atomic E-state index is -0.380. The largest absolute Gasteiger partial charge is 0.507 e. The number of hydrazone groups is 1. The lowest BCUT2D eigenvalue weighted by atomic mass is 10.0. The molecule has 0 bridgehead atoms. The van der Waals surface area contributed by atoms with Gasteiger partial charge in [-0.25, -0.2) is 10.4 Å². The van der Waals surface area contributed by atoms with Gasteiger partial charge in [-0.05, 0) is 51.8 Å². The molecule has 4 aromatic rings. The van der Waals surface area contributed by atoms with Crippen LogP contribution >= 0.6 is 15.9 Å². The number of fused-ring (bicyclic) bond motifs is 2. The second-order valence-electron chi connectivity index (χ2n) is 6.04. The first kappa shape index (κ1) is 17.2. The van der Waals surface area contributed by atoms with Crippen molar-refractivity contribution < 1.29 is 9.90 Å². The normalized spacial score (nSPS) is 11.5. The average molecular weight is 423 g/mol. The molecule has 0 spiro atoms. The number of amides is 1. The number of nitrogens with one attached hydrogen (secondary N) is 1. The number of aromatic nitrogens is 2. The molecule has 2 aromatic carbocycles. The quantitative estimate of drug-likeness (QED) is 0.386. The molecule has 134 valence electrons. The lowest BCUT2D eigenvalue weighted by Crippen LogP contribution is -2.20. The molecule has 0 saturated carbocycles. The molecule has 7 heteroatoms. The van der Waals surface area contributed by atoms with Crippen LogP contribution in [0.1, 0.15) is 21.7 Å². The number of benzene rings is 2. The van der Waals surface area contributed by atoms with E-state index < -0.39 is 0 Å². The van der Waals surface area contributed by atoms with E-state index in [1.165, 1.54) is 6.21 Å². The van der Waals surface area contributed by atoms with Crippen molar-refractivity contribution in [3.63, 3.8) is 0 Å². The number of hydrogen-bond donors (Lipinski definition) is 2. The molecule has 4 rings (SSSR count). The Morgan fingerprint density at radius 2 is 2.04 bits per heavy atom. The van der Waals surface area contributed by atoms with E-state index in [1.54, 1.807) is 23.6 Å². The Kier molecular flexibility index (Phi) is 4.37. The minimum Gasteiger partial charge on any atom is -0.507 e. The summed E-state index contributed by atoms with van der Waals surface area (Å²) in [5.74, 6) is -0.282. The predicted octanol–water partition coefficient (Wildman–Crippen LogP) is 4.03. The highest BCUT2D eigenvalue weighted by atomic mass is 79.9. The number of aryl methyl sites for hydroxylation is 1. The fraction of sp³-hybridized carbons (Fsp3) is 0.0500. The first-order valence-electron chi connectivity index (χ1n) is 8.23. The maximum atomic E-state index is 12.6. The molecule has 0 saturated heterocycles. The summed E-state index contributed by atoms with van der Waals surface area (Å²) in [5.41, 5.74) is 4.76. The highest BCUT2D eigenvalue weighted by Crippen LogP contribution is 2.25. The highest BCUT2D eigenvalue weighted by molar-refractivity contribution is 9.10. The number of halogens is 1. The maximum Gasteiger partial charge on any atom is 0.290 e. The van der Waals surface area contributed by atoms with Gasteiger partial charge in [0.15, 0.2) is 0 Å². The van der Waals surface area contributed by atoms with Gasteiger partial charge < -0.3 is 5.11 Å². The summed E-state index contributed by atoms with van der Waals surface area (Å²) in [4.78, 5) is 17.0. The molecule has 0 fully saturated rings. The van der Waals surface area contributed by atoms with Crippen molar-refractivity contribution in [1.29, 1.82) is 0 Å². The molecule has 1 amide bonds. The third-order valence-electron chi connectivity index (χ3n) is 4.28. The number of phenols is 1. The Morgan fingerprint density at radius 1 is 1.22 bits per heavy atom. The van der Waals surface area contributed by atoms with Crippen LogP contribution in [0.4, 0.5) is 0 Å². The molecule has 0 aliphatic carbocycles. The molecule has 2 N–H and O–H groups in total. The van der Waals surface area contributed by atoms with E-state index in [4.69, 9.17) is 0 Å². The van der Waals surface area contributed by atoms with Gasteiger partial charge in [0.2, 0.25) is 0 Å². The molecular weight excluding hydrogens is 408 g/mol. The fourth-order valence-corrected chi connectivity index (χ4v) is 3.38. The molecule has 0 radical (unpaired) electrons. The molecule has 0 atom stereocenters. The summed E-state index contributed by atoms with van der Waals surface area (Å²) in [6, 6.07) is 14.8. The predicted molar refractivity (Wildman–Crippen MR) is 108 cm³/mol. The molecule has 2 heterocycles. The summed E-state index contributed by atoms with van der Waals surface area (Å²) in [5, 5.41) is 16.0. The van der Waals surface area contributed by atoms with E-state index in [1.807, 2.05) is 42.5 Å². The van der Waals surface area contributed by atoms with Crippen LogP contribution in [-0.2, 0) is 0 Å². The Morgan fingerprint density at radius 3 is 2.89 bits per heavy atom. The standard InChI is InChI=1S/C20H15BrN4O2/c1-12-19(25-11-14(21)7-9-18(25)23-12)20(27)24-22-10-16-15-5-3-2-4-13(15)6-8-17(16)26/h2-11,26H,1H3,(H,24,27)/b22-10-. The average Bonchev–Trinajstić information content (AvgIpc) is 2.98. The van der Waals surface area contributed by atoms with Crippen molar-refractivity contribution in [1.82, 2.24) is 14.8 Å². The number of pyridine rings is 1. The summed E-state index contributed by atoms with van der Waals surface area (Å²) < 4.78 is 2.55. The SMILES string of the molecule is Cc1nc2ccc(Br)cn2c1C(=O)N/N=C\c1c(O)ccc2ccccc12. The second-order valence-corrected chi connectivity index (χ2v) is 6.96. The second kappa shape index (κ2) is 6.85. The first-order chi connectivity index (χ1) is 13.0. The Balaban J connectivity index is 1.65. The van der Waals surface area contributed by atoms with Crippen LogP contribution in [0.3, 0.4) is 0 Å². The van der Waals surface area contributed by atoms with Crippen molar-refractivity contribution >= 4 is 44.5 Å². The highest BCUT2D eigenvalue weighted by Gasteiger charge is 2.16. The third-order valence-corrected chi connectivity index (χ3v) is 4.75. The Hall–Kier alpha value is -3.19. The minimum absolute atomic E-state index is 0.0987. The number of carbonyl (C=O) groups excluding carboxylic acids is 1. The van der Waals surface area contributed by atoms with E-state index in [-0.39, 0.29) is 11.7 Å². The molecule has 0 aliphatic heterocycles. The first-order valence-corrected chi connectivity index (χ1v) is 9.02. The van der Waals surface area contributed by atoms with Crippen LogP contribution in [0.2, 0.25) is 0 Å². The maximum absolute atomic E-state index is 12.6. The van der Waals surface area contributed by atoms with Gasteiger partial charge in [-0.2, -0.15) is 5.10 Å². The van der Waals surface area contributed by atoms with E-state index in [0.29, 0.717) is 22.6 Å². The number of aromatic hydroxyl groups is 1. The van der Waals surface area contributed by atoms with Crippen LogP contribution in [-0.4, -0.2) is 26.6 Å². The van der Waals surface area contributed by atoms with Gasteiger partial charge in [-0.15, -0.1) is 0 Å². The molecule has 0 unspecified atom stereocenters. The van der Waals surface area contributed by atoms with Gasteiger partial charge in [0.05, 0.1) is 11.9 Å². The summed E-state index contributed by atoms with van der Waals surface area (Å²) >= 11 is 3.40. The molecule has 27 heavy (non-hydrogen) atoms. The Labute approximate surface area is 163 Å². The summed E-state index contributed by atoms with van der Waals surface area (Å²) in [6.45, 7) is 1.77. The van der Waals surface area contributed by atoms with Gasteiger partial charge in [0.25, 0.3) is 5.91 Å². The van der Waals surface area contributed by atoms with Crippen LogP contribution in [0.15, 0.2) is 64.3 Å². The van der Waals surface area contributed by atoms with Gasteiger partial charge in [-0.1, -0.05) is 30.3 Å². The molecule has 6 nitrogen and oxygen atoms in total. The van der Waals surface area contributed by atoms with Gasteiger partial charge in [0.1, 0.15) is 17.1 Å². The lowest BCUT2D eigenvalue weighted by Gasteiger charge is -2.05. The zero-order valence-electron chi connectivity index (χ0n) is 14.3. The van der Waals surface area contributed by atoms with Crippen molar-refractivity contribution in [2.45, 2.75) is 6.92 Å². The van der Waals surface area contributed by atoms with Gasteiger partial charge in [-0.3, -0.25) is 9.20 Å². The third kappa shape index (κ3) is 3.17. The Bertz CT molecular complexity index is 1210. The fourth-order valence-electron chi connectivity index (χ4n) is 3.04. The zero-order chi connectivity index (χ0) is 19.0. The van der Waals surface area contributed by atoms with Crippen LogP contribution in [0.5, 0.6) is 5.75 Å². The van der Waals surface area contributed by atoms with E-state index in [9.17, 15) is 9.90 Å². The number of imidazole rings is 1. The topological polar surface area (TPSA) is 79.0 Å². The summed E-state index contributed by atoms with van der Waals surface area (Å²) in [6.07, 6.45) is 3.23. The number of phenolic OH excluding ortho intramolecular Hbond substituents is 1. The lowest BCUT2D eigenvalue weighted by molar-refractivity contribution is 0.0948. The van der Waals surface area contributed by atoms with Crippen LogP contribution in [0.25, 0.3) is 16.4 Å².